The van der Waals surface area contributed by atoms with Crippen molar-refractivity contribution >= 4 is 5.96 Å². The van der Waals surface area contributed by atoms with Crippen molar-refractivity contribution in [3.63, 3.8) is 0 Å². The molecule has 27 heavy (non-hydrogen) atoms. The number of rotatable bonds is 7. The molecule has 5 heteroatoms. The lowest BCUT2D eigenvalue weighted by Crippen LogP contribution is -2.37. The Morgan fingerprint density at radius 2 is 1.70 bits per heavy atom. The Morgan fingerprint density at radius 3 is 2.41 bits per heavy atom. The molecule has 0 spiro atoms. The summed E-state index contributed by atoms with van der Waals surface area (Å²) in [7, 11) is 0. The highest BCUT2D eigenvalue weighted by molar-refractivity contribution is 5.79. The molecule has 0 unspecified atom stereocenters. The Hall–Kier alpha value is -3.08. The van der Waals surface area contributed by atoms with Crippen molar-refractivity contribution in [3.05, 3.63) is 89.2 Å². The first kappa shape index (κ1) is 18.7. The second-order valence-corrected chi connectivity index (χ2v) is 6.45. The number of guanidine groups is 1. The first-order valence-electron chi connectivity index (χ1n) is 9.37. The normalized spacial score (nSPS) is 11.4. The summed E-state index contributed by atoms with van der Waals surface area (Å²) >= 11 is 0. The molecular weight excluding hydrogens is 334 g/mol. The molecule has 0 aliphatic carbocycles. The molecule has 1 aromatic heterocycles. The van der Waals surface area contributed by atoms with Crippen molar-refractivity contribution in [1.82, 2.24) is 20.4 Å². The van der Waals surface area contributed by atoms with E-state index >= 15 is 0 Å². The first-order chi connectivity index (χ1) is 13.3. The number of aliphatic imine (C=N–C) groups is 1. The van der Waals surface area contributed by atoms with Gasteiger partial charge in [0.1, 0.15) is 0 Å². The van der Waals surface area contributed by atoms with E-state index in [4.69, 9.17) is 4.99 Å². The van der Waals surface area contributed by atoms with Gasteiger partial charge in [-0.15, -0.1) is 0 Å². The highest BCUT2D eigenvalue weighted by atomic mass is 15.3. The van der Waals surface area contributed by atoms with E-state index in [9.17, 15) is 0 Å². The lowest BCUT2D eigenvalue weighted by Gasteiger charge is -2.13. The maximum atomic E-state index is 4.78. The fraction of sp³-hybridized carbons (Fsp3) is 0.273. The zero-order chi connectivity index (χ0) is 18.9. The molecule has 0 aliphatic heterocycles. The summed E-state index contributed by atoms with van der Waals surface area (Å²) in [6.07, 6.45) is 3.79. The van der Waals surface area contributed by atoms with E-state index in [2.05, 4.69) is 78.1 Å². The Kier molecular flexibility index (Phi) is 6.63. The maximum Gasteiger partial charge on any atom is 0.191 e. The largest absolute Gasteiger partial charge is 0.357 e. The summed E-state index contributed by atoms with van der Waals surface area (Å²) in [6.45, 7) is 7.18. The number of nitrogens with one attached hydrogen (secondary N) is 2. The van der Waals surface area contributed by atoms with E-state index in [1.165, 1.54) is 22.3 Å². The molecule has 3 aromatic rings. The van der Waals surface area contributed by atoms with Crippen LogP contribution in [0, 0.1) is 6.92 Å². The van der Waals surface area contributed by atoms with Crippen LogP contribution in [0.3, 0.4) is 0 Å². The second-order valence-electron chi connectivity index (χ2n) is 6.45. The average molecular weight is 361 g/mol. The van der Waals surface area contributed by atoms with Gasteiger partial charge in [0, 0.05) is 25.5 Å². The van der Waals surface area contributed by atoms with Crippen molar-refractivity contribution in [1.29, 1.82) is 0 Å². The van der Waals surface area contributed by atoms with Crippen LogP contribution in [-0.2, 0) is 19.6 Å². The van der Waals surface area contributed by atoms with Crippen LogP contribution in [0.2, 0.25) is 0 Å². The number of nitrogens with zero attached hydrogens (tertiary/aromatic N) is 3. The minimum atomic E-state index is 0.626. The SMILES string of the molecule is CCNC(=NCc1ccccc1Cn1cccn1)NCc1ccccc1C. The minimum absolute atomic E-state index is 0.626. The second kappa shape index (κ2) is 9.57. The zero-order valence-corrected chi connectivity index (χ0v) is 16.0. The Bertz CT molecular complexity index is 868. The summed E-state index contributed by atoms with van der Waals surface area (Å²) in [5.41, 5.74) is 5.01. The molecule has 0 atom stereocenters. The molecule has 140 valence electrons. The number of aryl methyl sites for hydroxylation is 1. The van der Waals surface area contributed by atoms with Gasteiger partial charge in [0.25, 0.3) is 0 Å². The van der Waals surface area contributed by atoms with E-state index in [1.807, 2.05) is 16.9 Å². The standard InChI is InChI=1S/C22H27N5/c1-3-23-22(24-15-19-10-5-4-9-18(19)2)25-16-20-11-6-7-12-21(20)17-27-14-8-13-26-27/h4-14H,3,15-17H2,1-2H3,(H2,23,24,25). The van der Waals surface area contributed by atoms with Crippen LogP contribution in [0.25, 0.3) is 0 Å². The monoisotopic (exact) mass is 361 g/mol. The third-order valence-electron chi connectivity index (χ3n) is 4.47. The average Bonchev–Trinajstić information content (AvgIpc) is 3.19. The topological polar surface area (TPSA) is 54.2 Å². The minimum Gasteiger partial charge on any atom is -0.357 e. The first-order valence-corrected chi connectivity index (χ1v) is 9.37. The van der Waals surface area contributed by atoms with Crippen LogP contribution in [0.4, 0.5) is 0 Å². The third kappa shape index (κ3) is 5.45. The molecule has 0 saturated carbocycles. The molecule has 0 aliphatic rings. The van der Waals surface area contributed by atoms with E-state index in [1.54, 1.807) is 6.20 Å². The Labute approximate surface area is 161 Å². The lowest BCUT2D eigenvalue weighted by molar-refractivity contribution is 0.680. The van der Waals surface area contributed by atoms with Crippen molar-refractivity contribution in [2.45, 2.75) is 33.5 Å². The van der Waals surface area contributed by atoms with Gasteiger partial charge in [0.05, 0.1) is 13.1 Å². The van der Waals surface area contributed by atoms with E-state index < -0.39 is 0 Å². The van der Waals surface area contributed by atoms with E-state index in [0.717, 1.165) is 25.6 Å². The van der Waals surface area contributed by atoms with Gasteiger partial charge in [0.2, 0.25) is 0 Å². The summed E-state index contributed by atoms with van der Waals surface area (Å²) in [5.74, 6) is 0.828. The van der Waals surface area contributed by atoms with Crippen LogP contribution < -0.4 is 10.6 Å². The maximum absolute atomic E-state index is 4.78. The lowest BCUT2D eigenvalue weighted by atomic mass is 10.1. The van der Waals surface area contributed by atoms with Crippen molar-refractivity contribution < 1.29 is 0 Å². The van der Waals surface area contributed by atoms with E-state index in [-0.39, 0.29) is 0 Å². The van der Waals surface area contributed by atoms with Crippen LogP contribution in [0.15, 0.2) is 72.0 Å². The molecule has 0 saturated heterocycles. The van der Waals surface area contributed by atoms with Gasteiger partial charge >= 0.3 is 0 Å². The number of aromatic nitrogens is 2. The molecule has 0 amide bonds. The highest BCUT2D eigenvalue weighted by Gasteiger charge is 2.04. The van der Waals surface area contributed by atoms with E-state index in [0.29, 0.717) is 6.54 Å². The predicted octanol–water partition coefficient (Wildman–Crippen LogP) is 3.50. The number of hydrogen-bond acceptors (Lipinski definition) is 2. The number of benzene rings is 2. The Morgan fingerprint density at radius 1 is 0.963 bits per heavy atom. The molecular formula is C22H27N5. The van der Waals surface area contributed by atoms with Crippen molar-refractivity contribution in [3.8, 4) is 0 Å². The van der Waals surface area contributed by atoms with Gasteiger partial charge in [-0.1, -0.05) is 48.5 Å². The molecule has 0 radical (unpaired) electrons. The highest BCUT2D eigenvalue weighted by Crippen LogP contribution is 2.12. The molecule has 2 N–H and O–H groups in total. The van der Waals surface area contributed by atoms with Gasteiger partial charge in [-0.05, 0) is 42.2 Å². The zero-order valence-electron chi connectivity index (χ0n) is 16.0. The van der Waals surface area contributed by atoms with Gasteiger partial charge in [-0.2, -0.15) is 5.10 Å². The fourth-order valence-corrected chi connectivity index (χ4v) is 2.93. The van der Waals surface area contributed by atoms with Crippen molar-refractivity contribution in [2.24, 2.45) is 4.99 Å². The molecule has 1 heterocycles. The fourth-order valence-electron chi connectivity index (χ4n) is 2.93. The smallest absolute Gasteiger partial charge is 0.191 e. The number of hydrogen-bond donors (Lipinski definition) is 2. The third-order valence-corrected chi connectivity index (χ3v) is 4.47. The van der Waals surface area contributed by atoms with Crippen LogP contribution in [0.5, 0.6) is 0 Å². The molecule has 3 rings (SSSR count). The van der Waals surface area contributed by atoms with Crippen LogP contribution in [0.1, 0.15) is 29.2 Å². The van der Waals surface area contributed by atoms with Crippen molar-refractivity contribution in [2.75, 3.05) is 6.54 Å². The Balaban J connectivity index is 1.69. The van der Waals surface area contributed by atoms with Gasteiger partial charge < -0.3 is 10.6 Å². The summed E-state index contributed by atoms with van der Waals surface area (Å²) in [6, 6.07) is 18.7. The summed E-state index contributed by atoms with van der Waals surface area (Å²) in [4.78, 5) is 4.78. The van der Waals surface area contributed by atoms with Gasteiger partial charge in [-0.3, -0.25) is 4.68 Å². The molecule has 0 fully saturated rings. The van der Waals surface area contributed by atoms with Gasteiger partial charge in [-0.25, -0.2) is 4.99 Å². The summed E-state index contributed by atoms with van der Waals surface area (Å²) < 4.78 is 1.93. The predicted molar refractivity (Wildman–Crippen MR) is 111 cm³/mol. The molecule has 0 bridgehead atoms. The van der Waals surface area contributed by atoms with Crippen LogP contribution >= 0.6 is 0 Å². The molecule has 5 nitrogen and oxygen atoms in total. The summed E-state index contributed by atoms with van der Waals surface area (Å²) in [5, 5.41) is 11.1. The molecule has 2 aromatic carbocycles. The van der Waals surface area contributed by atoms with Gasteiger partial charge in [0.15, 0.2) is 5.96 Å². The quantitative estimate of drug-likeness (QED) is 0.500. The van der Waals surface area contributed by atoms with Crippen LogP contribution in [-0.4, -0.2) is 22.3 Å².